The summed E-state index contributed by atoms with van der Waals surface area (Å²) in [5.74, 6) is 1.17. The topological polar surface area (TPSA) is 79.1 Å². The van der Waals surface area contributed by atoms with Crippen molar-refractivity contribution >= 4 is 39.9 Å². The molecule has 0 saturated carbocycles. The van der Waals surface area contributed by atoms with Crippen LogP contribution in [0.2, 0.25) is 10.0 Å². The minimum absolute atomic E-state index is 0.232. The van der Waals surface area contributed by atoms with E-state index in [1.54, 1.807) is 6.07 Å². The summed E-state index contributed by atoms with van der Waals surface area (Å²) in [6, 6.07) is 16.8. The number of rotatable bonds is 8. The molecular formula is C23H21Cl2N3O3. The van der Waals surface area contributed by atoms with Crippen molar-refractivity contribution in [3.05, 3.63) is 86.3 Å². The third kappa shape index (κ3) is 4.98. The molecule has 1 aromatic heterocycles. The van der Waals surface area contributed by atoms with Gasteiger partial charge in [0.15, 0.2) is 11.5 Å². The minimum Gasteiger partial charge on any atom is -0.490 e. The first kappa shape index (κ1) is 21.2. The molecule has 0 unspecified atom stereocenters. The summed E-state index contributed by atoms with van der Waals surface area (Å²) in [7, 11) is 0. The maximum atomic E-state index is 11.4. The smallest absolute Gasteiger partial charge is 0.323 e. The summed E-state index contributed by atoms with van der Waals surface area (Å²) in [4.78, 5) is 16.9. The lowest BCUT2D eigenvalue weighted by molar-refractivity contribution is 0.269. The molecule has 0 spiro atoms. The second-order valence-electron chi connectivity index (χ2n) is 6.90. The van der Waals surface area contributed by atoms with Crippen LogP contribution in [0.3, 0.4) is 0 Å². The van der Waals surface area contributed by atoms with E-state index in [0.29, 0.717) is 41.3 Å². The number of hydrogen-bond acceptors (Lipinski definition) is 4. The number of hydrogen-bond donors (Lipinski definition) is 3. The average Bonchev–Trinajstić information content (AvgIpc) is 3.13. The van der Waals surface area contributed by atoms with E-state index in [-0.39, 0.29) is 5.69 Å². The molecule has 0 aliphatic rings. The van der Waals surface area contributed by atoms with Crippen molar-refractivity contribution in [3.8, 4) is 11.5 Å². The van der Waals surface area contributed by atoms with Gasteiger partial charge < -0.3 is 24.8 Å². The van der Waals surface area contributed by atoms with E-state index in [1.807, 2.05) is 55.5 Å². The Morgan fingerprint density at radius 2 is 1.65 bits per heavy atom. The molecule has 31 heavy (non-hydrogen) atoms. The van der Waals surface area contributed by atoms with E-state index in [4.69, 9.17) is 32.7 Å². The zero-order valence-electron chi connectivity index (χ0n) is 16.8. The first-order valence-electron chi connectivity index (χ1n) is 9.81. The summed E-state index contributed by atoms with van der Waals surface area (Å²) in [6.07, 6.45) is 0. The van der Waals surface area contributed by atoms with Crippen LogP contribution in [0, 0.1) is 0 Å². The number of imidazole rings is 1. The van der Waals surface area contributed by atoms with E-state index in [0.717, 1.165) is 27.8 Å². The number of nitrogens with one attached hydrogen (secondary N) is 3. The summed E-state index contributed by atoms with van der Waals surface area (Å²) in [6.45, 7) is 3.19. The minimum atomic E-state index is -0.232. The maximum absolute atomic E-state index is 11.4. The highest BCUT2D eigenvalue weighted by molar-refractivity contribution is 6.31. The number of H-pyrrole nitrogens is 2. The zero-order chi connectivity index (χ0) is 21.8. The molecule has 3 N–H and O–H groups in total. The third-order valence-electron chi connectivity index (χ3n) is 4.75. The predicted octanol–water partition coefficient (Wildman–Crippen LogP) is 5.75. The second-order valence-corrected chi connectivity index (χ2v) is 7.71. The molecule has 0 amide bonds. The van der Waals surface area contributed by atoms with E-state index >= 15 is 0 Å². The van der Waals surface area contributed by atoms with Crippen LogP contribution >= 0.6 is 23.2 Å². The summed E-state index contributed by atoms with van der Waals surface area (Å²) >= 11 is 12.7. The van der Waals surface area contributed by atoms with Gasteiger partial charge in [-0.15, -0.1) is 0 Å². The zero-order valence-corrected chi connectivity index (χ0v) is 18.3. The Kier molecular flexibility index (Phi) is 6.39. The lowest BCUT2D eigenvalue weighted by Crippen LogP contribution is -2.04. The van der Waals surface area contributed by atoms with E-state index < -0.39 is 0 Å². The van der Waals surface area contributed by atoms with Crippen LogP contribution in [0.25, 0.3) is 11.0 Å². The molecule has 4 aromatic rings. The van der Waals surface area contributed by atoms with Crippen LogP contribution in [-0.2, 0) is 13.2 Å². The molecular weight excluding hydrogens is 437 g/mol. The number of aromatic nitrogens is 2. The van der Waals surface area contributed by atoms with Crippen molar-refractivity contribution < 1.29 is 9.47 Å². The quantitative estimate of drug-likeness (QED) is 0.314. The first-order chi connectivity index (χ1) is 15.0. The van der Waals surface area contributed by atoms with Crippen molar-refractivity contribution in [2.24, 2.45) is 0 Å². The molecule has 6 nitrogen and oxygen atoms in total. The lowest BCUT2D eigenvalue weighted by atomic mass is 10.2. The molecule has 0 aliphatic carbocycles. The Labute approximate surface area is 189 Å². The number of fused-ring (bicyclic) bond motifs is 1. The fourth-order valence-electron chi connectivity index (χ4n) is 3.20. The highest BCUT2D eigenvalue weighted by Gasteiger charge is 2.12. The van der Waals surface area contributed by atoms with E-state index in [9.17, 15) is 4.79 Å². The number of halogens is 2. The van der Waals surface area contributed by atoms with Crippen LogP contribution in [0.15, 0.2) is 59.4 Å². The maximum Gasteiger partial charge on any atom is 0.323 e. The Balaban J connectivity index is 1.51. The highest BCUT2D eigenvalue weighted by atomic mass is 35.5. The standard InChI is InChI=1S/C23H21Cl2N3O3/c1-2-30-21-9-15(12-26-16-7-8-19-20(10-16)28-23(29)27-19)18(25)11-22(21)31-13-14-5-3-4-6-17(14)24/h3-11,26H,2,12-13H2,1H3,(H2,27,28,29). The normalized spacial score (nSPS) is 10.9. The van der Waals surface area contributed by atoms with Gasteiger partial charge in [0.1, 0.15) is 6.61 Å². The SMILES string of the molecule is CCOc1cc(CNc2ccc3[nH]c(=O)[nH]c3c2)c(Cl)cc1OCc1ccccc1Cl. The molecule has 1 heterocycles. The number of aromatic amines is 2. The van der Waals surface area contributed by atoms with Crippen LogP contribution in [0.4, 0.5) is 5.69 Å². The monoisotopic (exact) mass is 457 g/mol. The Morgan fingerprint density at radius 1 is 0.871 bits per heavy atom. The molecule has 0 atom stereocenters. The van der Waals surface area contributed by atoms with Gasteiger partial charge in [0.25, 0.3) is 0 Å². The van der Waals surface area contributed by atoms with Crippen molar-refractivity contribution in [3.63, 3.8) is 0 Å². The Bertz CT molecular complexity index is 1270. The van der Waals surface area contributed by atoms with Gasteiger partial charge in [-0.2, -0.15) is 0 Å². The van der Waals surface area contributed by atoms with Crippen LogP contribution in [-0.4, -0.2) is 16.6 Å². The van der Waals surface area contributed by atoms with Crippen LogP contribution < -0.4 is 20.5 Å². The van der Waals surface area contributed by atoms with Crippen molar-refractivity contribution in [2.45, 2.75) is 20.1 Å². The molecule has 3 aromatic carbocycles. The summed E-state index contributed by atoms with van der Waals surface area (Å²) < 4.78 is 11.7. The van der Waals surface area contributed by atoms with Crippen molar-refractivity contribution in [2.75, 3.05) is 11.9 Å². The summed E-state index contributed by atoms with van der Waals surface area (Å²) in [5, 5.41) is 4.53. The van der Waals surface area contributed by atoms with Crippen LogP contribution in [0.5, 0.6) is 11.5 Å². The number of ether oxygens (including phenoxy) is 2. The second kappa shape index (κ2) is 9.37. The fourth-order valence-corrected chi connectivity index (χ4v) is 3.62. The highest BCUT2D eigenvalue weighted by Crippen LogP contribution is 2.35. The van der Waals surface area contributed by atoms with Crippen LogP contribution in [0.1, 0.15) is 18.1 Å². The van der Waals surface area contributed by atoms with Crippen molar-refractivity contribution in [1.82, 2.24) is 9.97 Å². The van der Waals surface area contributed by atoms with Gasteiger partial charge in [-0.1, -0.05) is 41.4 Å². The average molecular weight is 458 g/mol. The molecule has 160 valence electrons. The fraction of sp³-hybridized carbons (Fsp3) is 0.174. The first-order valence-corrected chi connectivity index (χ1v) is 10.6. The molecule has 0 fully saturated rings. The number of benzene rings is 3. The lowest BCUT2D eigenvalue weighted by Gasteiger charge is -2.16. The largest absolute Gasteiger partial charge is 0.490 e. The van der Waals surface area contributed by atoms with Gasteiger partial charge in [0, 0.05) is 33.9 Å². The molecule has 8 heteroatoms. The third-order valence-corrected chi connectivity index (χ3v) is 5.47. The Morgan fingerprint density at radius 3 is 2.45 bits per heavy atom. The predicted molar refractivity (Wildman–Crippen MR) is 125 cm³/mol. The van der Waals surface area contributed by atoms with Gasteiger partial charge in [-0.3, -0.25) is 0 Å². The molecule has 0 radical (unpaired) electrons. The molecule has 0 bridgehead atoms. The van der Waals surface area contributed by atoms with E-state index in [1.165, 1.54) is 0 Å². The van der Waals surface area contributed by atoms with E-state index in [2.05, 4.69) is 15.3 Å². The van der Waals surface area contributed by atoms with Gasteiger partial charge in [0.05, 0.1) is 17.6 Å². The van der Waals surface area contributed by atoms with Gasteiger partial charge in [-0.05, 0) is 42.8 Å². The Hall–Kier alpha value is -3.09. The number of anilines is 1. The molecule has 0 aliphatic heterocycles. The summed E-state index contributed by atoms with van der Waals surface area (Å²) in [5.41, 5.74) is 3.86. The molecule has 0 saturated heterocycles. The van der Waals surface area contributed by atoms with Gasteiger partial charge in [-0.25, -0.2) is 4.79 Å². The molecule has 4 rings (SSSR count). The van der Waals surface area contributed by atoms with Gasteiger partial charge >= 0.3 is 5.69 Å². The van der Waals surface area contributed by atoms with Crippen molar-refractivity contribution in [1.29, 1.82) is 0 Å². The van der Waals surface area contributed by atoms with Gasteiger partial charge in [0.2, 0.25) is 0 Å².